The molecule has 1 amide bonds. The zero-order chi connectivity index (χ0) is 13.7. The predicted molar refractivity (Wildman–Crippen MR) is 63.3 cm³/mol. The summed E-state index contributed by atoms with van der Waals surface area (Å²) in [7, 11) is 0. The maximum absolute atomic E-state index is 12.1. The van der Waals surface area contributed by atoms with Crippen LogP contribution in [0.5, 0.6) is 0 Å². The molecule has 1 aromatic heterocycles. The molecule has 0 saturated heterocycles. The van der Waals surface area contributed by atoms with E-state index in [9.17, 15) is 14.4 Å². The summed E-state index contributed by atoms with van der Waals surface area (Å²) in [6.45, 7) is 3.67. The van der Waals surface area contributed by atoms with Crippen molar-refractivity contribution < 1.29 is 14.7 Å². The number of aliphatic carboxylic acids is 1. The minimum absolute atomic E-state index is 0.0914. The van der Waals surface area contributed by atoms with Crippen molar-refractivity contribution in [3.8, 4) is 0 Å². The fourth-order valence-corrected chi connectivity index (χ4v) is 1.42. The highest BCUT2D eigenvalue weighted by Crippen LogP contribution is 2.05. The number of nitrogens with zero attached hydrogens (tertiary/aromatic N) is 2. The SMILES string of the molecule is CC(C)N(CCC(=O)O)C(=O)c1c[nH]c(=O)cn1. The molecule has 2 N–H and O–H groups in total. The third-order valence-corrected chi connectivity index (χ3v) is 2.34. The van der Waals surface area contributed by atoms with Gasteiger partial charge in [-0.15, -0.1) is 0 Å². The second-order valence-corrected chi connectivity index (χ2v) is 4.03. The lowest BCUT2D eigenvalue weighted by Crippen LogP contribution is -2.39. The first-order valence-electron chi connectivity index (χ1n) is 5.49. The van der Waals surface area contributed by atoms with Crippen molar-refractivity contribution in [2.45, 2.75) is 26.3 Å². The van der Waals surface area contributed by atoms with Gasteiger partial charge in [-0.3, -0.25) is 14.4 Å². The first-order valence-corrected chi connectivity index (χ1v) is 5.49. The van der Waals surface area contributed by atoms with Gasteiger partial charge in [0.1, 0.15) is 5.69 Å². The number of aromatic nitrogens is 2. The molecule has 98 valence electrons. The molecule has 0 aromatic carbocycles. The van der Waals surface area contributed by atoms with Crippen LogP contribution >= 0.6 is 0 Å². The maximum atomic E-state index is 12.1. The van der Waals surface area contributed by atoms with Crippen molar-refractivity contribution in [2.24, 2.45) is 0 Å². The quantitative estimate of drug-likeness (QED) is 0.774. The molecule has 1 heterocycles. The summed E-state index contributed by atoms with van der Waals surface area (Å²) in [5, 5.41) is 8.63. The number of rotatable bonds is 5. The van der Waals surface area contributed by atoms with Gasteiger partial charge < -0.3 is 15.0 Å². The molecule has 1 rings (SSSR count). The van der Waals surface area contributed by atoms with Gasteiger partial charge in [-0.25, -0.2) is 4.98 Å². The van der Waals surface area contributed by atoms with Crippen LogP contribution in [-0.4, -0.2) is 44.4 Å². The van der Waals surface area contributed by atoms with Gasteiger partial charge in [-0.05, 0) is 13.8 Å². The van der Waals surface area contributed by atoms with E-state index in [1.807, 2.05) is 0 Å². The van der Waals surface area contributed by atoms with Crippen LogP contribution in [0.2, 0.25) is 0 Å². The summed E-state index contributed by atoms with van der Waals surface area (Å²) >= 11 is 0. The molecule has 0 aliphatic carbocycles. The van der Waals surface area contributed by atoms with Crippen molar-refractivity contribution in [1.82, 2.24) is 14.9 Å². The Morgan fingerprint density at radius 3 is 2.61 bits per heavy atom. The molecule has 0 aliphatic heterocycles. The van der Waals surface area contributed by atoms with Crippen LogP contribution in [-0.2, 0) is 4.79 Å². The predicted octanol–water partition coefficient (Wildman–Crippen LogP) is 0.0952. The van der Waals surface area contributed by atoms with Crippen molar-refractivity contribution in [3.05, 3.63) is 28.4 Å². The van der Waals surface area contributed by atoms with Gasteiger partial charge in [0, 0.05) is 18.8 Å². The van der Waals surface area contributed by atoms with Crippen LogP contribution in [0.25, 0.3) is 0 Å². The number of carboxylic acid groups (broad SMARTS) is 1. The van der Waals surface area contributed by atoms with E-state index in [-0.39, 0.29) is 24.7 Å². The molecule has 18 heavy (non-hydrogen) atoms. The third-order valence-electron chi connectivity index (χ3n) is 2.34. The number of amides is 1. The Kier molecular flexibility index (Phi) is 4.59. The molecule has 0 spiro atoms. The zero-order valence-electron chi connectivity index (χ0n) is 10.2. The number of carboxylic acids is 1. The second-order valence-electron chi connectivity index (χ2n) is 4.03. The Labute approximate surface area is 103 Å². The van der Waals surface area contributed by atoms with Crippen LogP contribution < -0.4 is 5.56 Å². The fourth-order valence-electron chi connectivity index (χ4n) is 1.42. The van der Waals surface area contributed by atoms with Gasteiger partial charge >= 0.3 is 5.97 Å². The molecule has 0 unspecified atom stereocenters. The maximum Gasteiger partial charge on any atom is 0.305 e. The van der Waals surface area contributed by atoms with Crippen molar-refractivity contribution in [3.63, 3.8) is 0 Å². The Bertz CT molecular complexity index is 475. The van der Waals surface area contributed by atoms with Crippen molar-refractivity contribution in [2.75, 3.05) is 6.54 Å². The summed E-state index contributed by atoms with van der Waals surface area (Å²) in [6, 6.07) is -0.148. The molecule has 7 heteroatoms. The molecule has 0 fully saturated rings. The van der Waals surface area contributed by atoms with Crippen LogP contribution in [0.3, 0.4) is 0 Å². The first kappa shape index (κ1) is 13.9. The molecule has 0 bridgehead atoms. The van der Waals surface area contributed by atoms with E-state index < -0.39 is 17.4 Å². The average molecular weight is 253 g/mol. The van der Waals surface area contributed by atoms with Crippen LogP contribution in [0.15, 0.2) is 17.2 Å². The minimum atomic E-state index is -0.970. The van der Waals surface area contributed by atoms with Gasteiger partial charge in [-0.1, -0.05) is 0 Å². The summed E-state index contributed by atoms with van der Waals surface area (Å²) in [4.78, 5) is 40.9. The highest BCUT2D eigenvalue weighted by molar-refractivity contribution is 5.92. The molecule has 0 aliphatic rings. The highest BCUT2D eigenvalue weighted by atomic mass is 16.4. The number of H-pyrrole nitrogens is 1. The van der Waals surface area contributed by atoms with Crippen LogP contribution in [0.4, 0.5) is 0 Å². The van der Waals surface area contributed by atoms with E-state index in [2.05, 4.69) is 9.97 Å². The number of hydrogen-bond donors (Lipinski definition) is 2. The lowest BCUT2D eigenvalue weighted by molar-refractivity contribution is -0.137. The van der Waals surface area contributed by atoms with E-state index >= 15 is 0 Å². The first-order chi connectivity index (χ1) is 8.41. The lowest BCUT2D eigenvalue weighted by Gasteiger charge is -2.25. The molecular formula is C11H15N3O4. The standard InChI is InChI=1S/C11H15N3O4/c1-7(2)14(4-3-10(16)17)11(18)8-5-13-9(15)6-12-8/h5-7H,3-4H2,1-2H3,(H,13,15)(H,16,17). The summed E-state index contributed by atoms with van der Waals surface area (Å²) in [6.07, 6.45) is 2.11. The average Bonchev–Trinajstić information content (AvgIpc) is 2.29. The Hall–Kier alpha value is -2.18. The van der Waals surface area contributed by atoms with E-state index in [1.54, 1.807) is 13.8 Å². The van der Waals surface area contributed by atoms with Gasteiger partial charge in [0.25, 0.3) is 11.5 Å². The summed E-state index contributed by atoms with van der Waals surface area (Å²) in [5.41, 5.74) is -0.304. The molecule has 0 radical (unpaired) electrons. The third kappa shape index (κ3) is 3.69. The minimum Gasteiger partial charge on any atom is -0.481 e. The molecular weight excluding hydrogens is 238 g/mol. The van der Waals surface area contributed by atoms with E-state index in [0.29, 0.717) is 0 Å². The zero-order valence-corrected chi connectivity index (χ0v) is 10.2. The monoisotopic (exact) mass is 253 g/mol. The Morgan fingerprint density at radius 2 is 2.17 bits per heavy atom. The van der Waals surface area contributed by atoms with Crippen molar-refractivity contribution in [1.29, 1.82) is 0 Å². The van der Waals surface area contributed by atoms with Gasteiger partial charge in [-0.2, -0.15) is 0 Å². The van der Waals surface area contributed by atoms with Crippen LogP contribution in [0.1, 0.15) is 30.8 Å². The Morgan fingerprint density at radius 1 is 1.50 bits per heavy atom. The van der Waals surface area contributed by atoms with Gasteiger partial charge in [0.2, 0.25) is 0 Å². The largest absolute Gasteiger partial charge is 0.481 e. The van der Waals surface area contributed by atoms with E-state index in [4.69, 9.17) is 5.11 Å². The normalized spacial score (nSPS) is 10.4. The molecule has 0 saturated carbocycles. The lowest BCUT2D eigenvalue weighted by atomic mass is 10.2. The number of carbonyl (C=O) groups excluding carboxylic acids is 1. The summed E-state index contributed by atoms with van der Waals surface area (Å²) in [5.74, 6) is -1.37. The van der Waals surface area contributed by atoms with E-state index in [1.165, 1.54) is 11.1 Å². The fraction of sp³-hybridized carbons (Fsp3) is 0.455. The molecule has 7 nitrogen and oxygen atoms in total. The van der Waals surface area contributed by atoms with Crippen molar-refractivity contribution >= 4 is 11.9 Å². The highest BCUT2D eigenvalue weighted by Gasteiger charge is 2.20. The van der Waals surface area contributed by atoms with Gasteiger partial charge in [0.05, 0.1) is 12.6 Å². The van der Waals surface area contributed by atoms with Gasteiger partial charge in [0.15, 0.2) is 0 Å². The number of carbonyl (C=O) groups is 2. The second kappa shape index (κ2) is 5.95. The molecule has 1 aromatic rings. The number of aromatic amines is 1. The smallest absolute Gasteiger partial charge is 0.305 e. The number of nitrogens with one attached hydrogen (secondary N) is 1. The topological polar surface area (TPSA) is 103 Å². The summed E-state index contributed by atoms with van der Waals surface area (Å²) < 4.78 is 0. The Balaban J connectivity index is 2.85. The van der Waals surface area contributed by atoms with Crippen LogP contribution in [0, 0.1) is 0 Å². The van der Waals surface area contributed by atoms with E-state index in [0.717, 1.165) is 6.20 Å². The number of hydrogen-bond acceptors (Lipinski definition) is 4. The molecule has 0 atom stereocenters.